The van der Waals surface area contributed by atoms with Crippen molar-refractivity contribution in [2.75, 3.05) is 0 Å². The van der Waals surface area contributed by atoms with E-state index in [1.807, 2.05) is 25.1 Å². The molecule has 2 aromatic rings. The summed E-state index contributed by atoms with van der Waals surface area (Å²) in [7, 11) is 0. The molecule has 1 aromatic heterocycles. The Morgan fingerprint density at radius 3 is 2.63 bits per heavy atom. The number of hydrogen-bond donors (Lipinski definition) is 1. The third kappa shape index (κ3) is 3.32. The van der Waals surface area contributed by atoms with E-state index in [1.54, 1.807) is 13.0 Å². The number of halogens is 1. The summed E-state index contributed by atoms with van der Waals surface area (Å²) in [6, 6.07) is 8.87. The summed E-state index contributed by atoms with van der Waals surface area (Å²) in [5.41, 5.74) is 7.44. The molecule has 2 N–H and O–H groups in total. The molecule has 1 heterocycles. The smallest absolute Gasteiger partial charge is 0.248 e. The van der Waals surface area contributed by atoms with Gasteiger partial charge < -0.3 is 10.5 Å². The van der Waals surface area contributed by atoms with Gasteiger partial charge in [0.15, 0.2) is 0 Å². The molecule has 0 bridgehead atoms. The molecule has 1 aromatic carbocycles. The number of rotatable bonds is 3. The molecule has 0 unspecified atom stereocenters. The Morgan fingerprint density at radius 1 is 1.26 bits per heavy atom. The largest absolute Gasteiger partial charge is 0.438 e. The molecule has 0 fully saturated rings. The molecular weight excluding hydrogens is 308 g/mol. The van der Waals surface area contributed by atoms with Crippen LogP contribution >= 0.6 is 15.9 Å². The standard InChI is InChI=1S/C14H13BrN2O2/c1-8-3-4-12(11(15)5-8)19-13-7-10(14(16)18)6-9(2)17-13/h3-7H,1-2H3,(H2,16,18). The van der Waals surface area contributed by atoms with Crippen molar-refractivity contribution >= 4 is 21.8 Å². The quantitative estimate of drug-likeness (QED) is 0.943. The van der Waals surface area contributed by atoms with Gasteiger partial charge >= 0.3 is 0 Å². The summed E-state index contributed by atoms with van der Waals surface area (Å²) in [6.07, 6.45) is 0. The van der Waals surface area contributed by atoms with Crippen molar-refractivity contribution < 1.29 is 9.53 Å². The predicted octanol–water partition coefficient (Wildman–Crippen LogP) is 3.35. The number of hydrogen-bond acceptors (Lipinski definition) is 3. The molecule has 2 rings (SSSR count). The molecule has 98 valence electrons. The van der Waals surface area contributed by atoms with Crippen molar-refractivity contribution in [1.29, 1.82) is 0 Å². The lowest BCUT2D eigenvalue weighted by Crippen LogP contribution is -2.11. The zero-order chi connectivity index (χ0) is 14.0. The average molecular weight is 321 g/mol. The van der Waals surface area contributed by atoms with Gasteiger partial charge in [-0.25, -0.2) is 4.98 Å². The van der Waals surface area contributed by atoms with E-state index in [-0.39, 0.29) is 0 Å². The van der Waals surface area contributed by atoms with Crippen molar-refractivity contribution in [2.45, 2.75) is 13.8 Å². The highest BCUT2D eigenvalue weighted by Crippen LogP contribution is 2.30. The number of carbonyl (C=O) groups excluding carboxylic acids is 1. The first kappa shape index (κ1) is 13.5. The number of aryl methyl sites for hydroxylation is 2. The summed E-state index contributed by atoms with van der Waals surface area (Å²) < 4.78 is 6.50. The van der Waals surface area contributed by atoms with Gasteiger partial charge in [-0.3, -0.25) is 4.79 Å². The van der Waals surface area contributed by atoms with E-state index in [2.05, 4.69) is 20.9 Å². The normalized spacial score (nSPS) is 10.3. The van der Waals surface area contributed by atoms with Gasteiger partial charge in [0, 0.05) is 17.3 Å². The van der Waals surface area contributed by atoms with E-state index in [4.69, 9.17) is 10.5 Å². The maximum atomic E-state index is 11.2. The molecule has 5 heteroatoms. The maximum absolute atomic E-state index is 11.2. The number of carbonyl (C=O) groups is 1. The fourth-order valence-electron chi connectivity index (χ4n) is 1.63. The Kier molecular flexibility index (Phi) is 3.85. The number of pyridine rings is 1. The van der Waals surface area contributed by atoms with Crippen molar-refractivity contribution in [1.82, 2.24) is 4.98 Å². The van der Waals surface area contributed by atoms with Crippen LogP contribution < -0.4 is 10.5 Å². The fraction of sp³-hybridized carbons (Fsp3) is 0.143. The minimum absolute atomic E-state index is 0.346. The second-order valence-electron chi connectivity index (χ2n) is 4.24. The van der Waals surface area contributed by atoms with Crippen LogP contribution in [0.1, 0.15) is 21.6 Å². The van der Waals surface area contributed by atoms with Gasteiger partial charge in [-0.05, 0) is 53.5 Å². The van der Waals surface area contributed by atoms with Crippen LogP contribution in [0.25, 0.3) is 0 Å². The minimum atomic E-state index is -0.502. The highest BCUT2D eigenvalue weighted by molar-refractivity contribution is 9.10. The zero-order valence-corrected chi connectivity index (χ0v) is 12.2. The third-order valence-corrected chi connectivity index (χ3v) is 3.14. The van der Waals surface area contributed by atoms with Crippen LogP contribution in [0, 0.1) is 13.8 Å². The Bertz CT molecular complexity index is 641. The van der Waals surface area contributed by atoms with Crippen molar-refractivity contribution in [2.24, 2.45) is 5.73 Å². The number of ether oxygens (including phenoxy) is 1. The number of amides is 1. The lowest BCUT2D eigenvalue weighted by Gasteiger charge is -2.09. The summed E-state index contributed by atoms with van der Waals surface area (Å²) in [4.78, 5) is 15.4. The van der Waals surface area contributed by atoms with Crippen molar-refractivity contribution in [3.8, 4) is 11.6 Å². The molecule has 0 spiro atoms. The van der Waals surface area contributed by atoms with Crippen LogP contribution in [-0.4, -0.2) is 10.9 Å². The molecular formula is C14H13BrN2O2. The molecule has 0 atom stereocenters. The number of aromatic nitrogens is 1. The summed E-state index contributed by atoms with van der Waals surface area (Å²) in [5.74, 6) is 0.482. The topological polar surface area (TPSA) is 65.2 Å². The Balaban J connectivity index is 2.35. The predicted molar refractivity (Wildman–Crippen MR) is 76.4 cm³/mol. The zero-order valence-electron chi connectivity index (χ0n) is 10.6. The second kappa shape index (κ2) is 5.40. The molecule has 1 amide bonds. The average Bonchev–Trinajstić information content (AvgIpc) is 2.32. The van der Waals surface area contributed by atoms with Crippen LogP contribution in [-0.2, 0) is 0 Å². The van der Waals surface area contributed by atoms with Gasteiger partial charge in [-0.15, -0.1) is 0 Å². The molecule has 0 aliphatic carbocycles. The Labute approximate surface area is 119 Å². The van der Waals surface area contributed by atoms with E-state index in [9.17, 15) is 4.79 Å². The molecule has 0 saturated carbocycles. The third-order valence-electron chi connectivity index (χ3n) is 2.52. The van der Waals surface area contributed by atoms with Crippen molar-refractivity contribution in [3.63, 3.8) is 0 Å². The SMILES string of the molecule is Cc1ccc(Oc2cc(C(N)=O)cc(C)n2)c(Br)c1. The van der Waals surface area contributed by atoms with E-state index >= 15 is 0 Å². The van der Waals surface area contributed by atoms with E-state index in [0.717, 1.165) is 10.0 Å². The summed E-state index contributed by atoms with van der Waals surface area (Å²) in [5, 5.41) is 0. The molecule has 4 nitrogen and oxygen atoms in total. The van der Waals surface area contributed by atoms with Gasteiger partial charge in [0.05, 0.1) is 4.47 Å². The highest BCUT2D eigenvalue weighted by atomic mass is 79.9. The lowest BCUT2D eigenvalue weighted by atomic mass is 10.2. The van der Waals surface area contributed by atoms with Gasteiger partial charge in [0.1, 0.15) is 5.75 Å². The fourth-order valence-corrected chi connectivity index (χ4v) is 2.21. The van der Waals surface area contributed by atoms with Gasteiger partial charge in [-0.2, -0.15) is 0 Å². The first-order valence-corrected chi connectivity index (χ1v) is 6.47. The highest BCUT2D eigenvalue weighted by Gasteiger charge is 2.08. The van der Waals surface area contributed by atoms with Crippen LogP contribution in [0.15, 0.2) is 34.8 Å². The van der Waals surface area contributed by atoms with Gasteiger partial charge in [0.2, 0.25) is 11.8 Å². The van der Waals surface area contributed by atoms with Crippen LogP contribution in [0.5, 0.6) is 11.6 Å². The summed E-state index contributed by atoms with van der Waals surface area (Å²) in [6.45, 7) is 3.77. The van der Waals surface area contributed by atoms with Gasteiger partial charge in [-0.1, -0.05) is 6.07 Å². The Morgan fingerprint density at radius 2 is 2.00 bits per heavy atom. The van der Waals surface area contributed by atoms with Gasteiger partial charge in [0.25, 0.3) is 0 Å². The number of nitrogens with zero attached hydrogens (tertiary/aromatic N) is 1. The first-order chi connectivity index (χ1) is 8.95. The lowest BCUT2D eigenvalue weighted by molar-refractivity contribution is 0.0999. The van der Waals surface area contributed by atoms with E-state index in [0.29, 0.717) is 22.9 Å². The van der Waals surface area contributed by atoms with Crippen LogP contribution in [0.3, 0.4) is 0 Å². The molecule has 0 aliphatic heterocycles. The monoisotopic (exact) mass is 320 g/mol. The van der Waals surface area contributed by atoms with Crippen LogP contribution in [0.2, 0.25) is 0 Å². The maximum Gasteiger partial charge on any atom is 0.248 e. The van der Waals surface area contributed by atoms with Crippen molar-refractivity contribution in [3.05, 3.63) is 51.6 Å². The Hall–Kier alpha value is -1.88. The number of primary amides is 1. The van der Waals surface area contributed by atoms with Crippen LogP contribution in [0.4, 0.5) is 0 Å². The first-order valence-electron chi connectivity index (χ1n) is 5.68. The number of benzene rings is 1. The molecule has 0 aliphatic rings. The molecule has 19 heavy (non-hydrogen) atoms. The van der Waals surface area contributed by atoms with E-state index in [1.165, 1.54) is 6.07 Å². The molecule has 0 saturated heterocycles. The summed E-state index contributed by atoms with van der Waals surface area (Å²) >= 11 is 3.43. The molecule has 0 radical (unpaired) electrons. The minimum Gasteiger partial charge on any atom is -0.438 e. The van der Waals surface area contributed by atoms with E-state index < -0.39 is 5.91 Å². The number of nitrogens with two attached hydrogens (primary N) is 1. The second-order valence-corrected chi connectivity index (χ2v) is 5.09.